The fourth-order valence-corrected chi connectivity index (χ4v) is 2.09. The molecule has 1 aromatic rings. The predicted octanol–water partition coefficient (Wildman–Crippen LogP) is 2.38. The molecule has 0 aromatic carbocycles. The van der Waals surface area contributed by atoms with Gasteiger partial charge in [-0.15, -0.1) is 0 Å². The van der Waals surface area contributed by atoms with Crippen LogP contribution >= 0.6 is 0 Å². The van der Waals surface area contributed by atoms with Gasteiger partial charge < -0.3 is 15.0 Å². The van der Waals surface area contributed by atoms with Crippen molar-refractivity contribution in [3.63, 3.8) is 0 Å². The standard InChI is InChI=1S/C14H23N3O/c1-4-17(5-2)13-7-6-12(8-15-13)16-9-14(3)10-18-11-14/h6-8,16H,4-5,9-11H2,1-3H3. The molecule has 1 saturated heterocycles. The number of ether oxygens (including phenoxy) is 1. The van der Waals surface area contributed by atoms with Gasteiger partial charge in [0.2, 0.25) is 0 Å². The van der Waals surface area contributed by atoms with Crippen molar-refractivity contribution in [3.05, 3.63) is 18.3 Å². The van der Waals surface area contributed by atoms with Crippen LogP contribution in [0, 0.1) is 5.41 Å². The molecule has 0 aliphatic carbocycles. The number of anilines is 2. The van der Waals surface area contributed by atoms with E-state index >= 15 is 0 Å². The number of aromatic nitrogens is 1. The van der Waals surface area contributed by atoms with Crippen LogP contribution in [0.15, 0.2) is 18.3 Å². The van der Waals surface area contributed by atoms with Gasteiger partial charge in [-0.05, 0) is 26.0 Å². The van der Waals surface area contributed by atoms with Crippen molar-refractivity contribution >= 4 is 11.5 Å². The fraction of sp³-hybridized carbons (Fsp3) is 0.643. The number of rotatable bonds is 6. The number of nitrogens with one attached hydrogen (secondary N) is 1. The van der Waals surface area contributed by atoms with E-state index in [9.17, 15) is 0 Å². The third kappa shape index (κ3) is 2.93. The second-order valence-electron chi connectivity index (χ2n) is 5.23. The summed E-state index contributed by atoms with van der Waals surface area (Å²) in [5.41, 5.74) is 1.37. The lowest BCUT2D eigenvalue weighted by Crippen LogP contribution is -2.45. The van der Waals surface area contributed by atoms with E-state index < -0.39 is 0 Å². The normalized spacial score (nSPS) is 17.1. The zero-order valence-corrected chi connectivity index (χ0v) is 11.6. The number of nitrogens with zero attached hydrogens (tertiary/aromatic N) is 2. The van der Waals surface area contributed by atoms with Crippen LogP contribution in [0.25, 0.3) is 0 Å². The molecule has 0 spiro atoms. The SMILES string of the molecule is CCN(CC)c1ccc(NCC2(C)COC2)cn1. The second-order valence-corrected chi connectivity index (χ2v) is 5.23. The van der Waals surface area contributed by atoms with Crippen molar-refractivity contribution < 1.29 is 4.74 Å². The van der Waals surface area contributed by atoms with E-state index in [2.05, 4.69) is 48.1 Å². The van der Waals surface area contributed by atoms with Crippen LogP contribution in [0.1, 0.15) is 20.8 Å². The molecule has 1 fully saturated rings. The highest BCUT2D eigenvalue weighted by Gasteiger charge is 2.32. The lowest BCUT2D eigenvalue weighted by molar-refractivity contribution is -0.0924. The van der Waals surface area contributed by atoms with Gasteiger partial charge in [-0.1, -0.05) is 6.92 Å². The Bertz CT molecular complexity index is 369. The Hall–Kier alpha value is -1.29. The third-order valence-electron chi connectivity index (χ3n) is 3.46. The Morgan fingerprint density at radius 1 is 1.33 bits per heavy atom. The predicted molar refractivity (Wildman–Crippen MR) is 75.2 cm³/mol. The first-order valence-corrected chi connectivity index (χ1v) is 6.69. The summed E-state index contributed by atoms with van der Waals surface area (Å²) < 4.78 is 5.24. The Morgan fingerprint density at radius 3 is 2.50 bits per heavy atom. The molecule has 0 unspecified atom stereocenters. The van der Waals surface area contributed by atoms with Crippen LogP contribution in [-0.2, 0) is 4.74 Å². The molecule has 18 heavy (non-hydrogen) atoms. The fourth-order valence-electron chi connectivity index (χ4n) is 2.09. The monoisotopic (exact) mass is 249 g/mol. The van der Waals surface area contributed by atoms with Crippen molar-refractivity contribution in [1.29, 1.82) is 0 Å². The van der Waals surface area contributed by atoms with Gasteiger partial charge in [0.1, 0.15) is 5.82 Å². The molecule has 100 valence electrons. The summed E-state index contributed by atoms with van der Waals surface area (Å²) in [6.45, 7) is 11.2. The molecule has 0 amide bonds. The second kappa shape index (κ2) is 5.57. The van der Waals surface area contributed by atoms with E-state index in [4.69, 9.17) is 4.74 Å². The molecule has 0 bridgehead atoms. The van der Waals surface area contributed by atoms with E-state index in [1.807, 2.05) is 6.20 Å². The zero-order valence-electron chi connectivity index (χ0n) is 11.6. The smallest absolute Gasteiger partial charge is 0.128 e. The Kier molecular flexibility index (Phi) is 4.07. The maximum Gasteiger partial charge on any atom is 0.128 e. The van der Waals surface area contributed by atoms with Crippen LogP contribution < -0.4 is 10.2 Å². The molecule has 0 atom stereocenters. The van der Waals surface area contributed by atoms with Gasteiger partial charge >= 0.3 is 0 Å². The quantitative estimate of drug-likeness (QED) is 0.840. The molecule has 2 rings (SSSR count). The molecular formula is C14H23N3O. The lowest BCUT2D eigenvalue weighted by Gasteiger charge is -2.38. The van der Waals surface area contributed by atoms with Gasteiger partial charge in [0.05, 0.1) is 25.1 Å². The molecule has 0 radical (unpaired) electrons. The minimum Gasteiger partial charge on any atom is -0.383 e. The first kappa shape index (κ1) is 13.1. The molecule has 4 nitrogen and oxygen atoms in total. The Morgan fingerprint density at radius 2 is 2.06 bits per heavy atom. The van der Waals surface area contributed by atoms with E-state index in [0.717, 1.165) is 44.4 Å². The number of pyridine rings is 1. The van der Waals surface area contributed by atoms with Gasteiger partial charge in [0.25, 0.3) is 0 Å². The summed E-state index contributed by atoms with van der Waals surface area (Å²) in [7, 11) is 0. The van der Waals surface area contributed by atoms with Crippen LogP contribution in [0.2, 0.25) is 0 Å². The first-order valence-electron chi connectivity index (χ1n) is 6.69. The minimum absolute atomic E-state index is 0.289. The molecule has 1 aliphatic heterocycles. The summed E-state index contributed by atoms with van der Waals surface area (Å²) in [5.74, 6) is 1.05. The van der Waals surface area contributed by atoms with Crippen LogP contribution in [0.3, 0.4) is 0 Å². The highest BCUT2D eigenvalue weighted by Crippen LogP contribution is 2.26. The average molecular weight is 249 g/mol. The lowest BCUT2D eigenvalue weighted by atomic mass is 9.89. The molecule has 1 N–H and O–H groups in total. The average Bonchev–Trinajstić information content (AvgIpc) is 2.37. The van der Waals surface area contributed by atoms with Crippen molar-refractivity contribution in [1.82, 2.24) is 4.98 Å². The van der Waals surface area contributed by atoms with Crippen molar-refractivity contribution in [2.45, 2.75) is 20.8 Å². The van der Waals surface area contributed by atoms with Crippen molar-refractivity contribution in [2.75, 3.05) is 43.1 Å². The highest BCUT2D eigenvalue weighted by atomic mass is 16.5. The minimum atomic E-state index is 0.289. The summed E-state index contributed by atoms with van der Waals surface area (Å²) in [6, 6.07) is 4.18. The molecule has 0 saturated carbocycles. The number of hydrogen-bond donors (Lipinski definition) is 1. The van der Waals surface area contributed by atoms with Gasteiger partial charge in [-0.2, -0.15) is 0 Å². The number of hydrogen-bond acceptors (Lipinski definition) is 4. The summed E-state index contributed by atoms with van der Waals surface area (Å²) in [5, 5.41) is 3.43. The van der Waals surface area contributed by atoms with Crippen molar-refractivity contribution in [2.24, 2.45) is 5.41 Å². The van der Waals surface area contributed by atoms with E-state index in [1.165, 1.54) is 0 Å². The van der Waals surface area contributed by atoms with Crippen LogP contribution in [-0.4, -0.2) is 37.8 Å². The van der Waals surface area contributed by atoms with Gasteiger partial charge in [-0.25, -0.2) is 4.98 Å². The summed E-state index contributed by atoms with van der Waals surface area (Å²) >= 11 is 0. The molecule has 1 aromatic heterocycles. The molecule has 4 heteroatoms. The van der Waals surface area contributed by atoms with E-state index in [-0.39, 0.29) is 5.41 Å². The zero-order chi connectivity index (χ0) is 13.0. The van der Waals surface area contributed by atoms with E-state index in [0.29, 0.717) is 0 Å². The maximum absolute atomic E-state index is 5.24. The van der Waals surface area contributed by atoms with Gasteiger partial charge in [0.15, 0.2) is 0 Å². The third-order valence-corrected chi connectivity index (χ3v) is 3.46. The van der Waals surface area contributed by atoms with Crippen LogP contribution in [0.5, 0.6) is 0 Å². The Balaban J connectivity index is 1.91. The summed E-state index contributed by atoms with van der Waals surface area (Å²) in [6.07, 6.45) is 1.91. The maximum atomic E-state index is 5.24. The van der Waals surface area contributed by atoms with Crippen LogP contribution in [0.4, 0.5) is 11.5 Å². The van der Waals surface area contributed by atoms with Crippen molar-refractivity contribution in [3.8, 4) is 0 Å². The van der Waals surface area contributed by atoms with E-state index in [1.54, 1.807) is 0 Å². The molecule has 1 aliphatic rings. The first-order chi connectivity index (χ1) is 8.67. The highest BCUT2D eigenvalue weighted by molar-refractivity contribution is 5.48. The van der Waals surface area contributed by atoms with Gasteiger partial charge in [0, 0.05) is 25.0 Å². The largest absolute Gasteiger partial charge is 0.383 e. The Labute approximate surface area is 109 Å². The topological polar surface area (TPSA) is 37.4 Å². The molecule has 2 heterocycles. The molecular weight excluding hydrogens is 226 g/mol. The van der Waals surface area contributed by atoms with Gasteiger partial charge in [-0.3, -0.25) is 0 Å². The summed E-state index contributed by atoms with van der Waals surface area (Å²) in [4.78, 5) is 6.74.